The van der Waals surface area contributed by atoms with Gasteiger partial charge in [-0.2, -0.15) is 0 Å². The zero-order chi connectivity index (χ0) is 22.9. The van der Waals surface area contributed by atoms with E-state index < -0.39 is 0 Å². The van der Waals surface area contributed by atoms with Crippen molar-refractivity contribution < 1.29 is 9.53 Å². The maximum atomic E-state index is 12.2. The molecule has 4 aromatic rings. The maximum absolute atomic E-state index is 12.2. The summed E-state index contributed by atoms with van der Waals surface area (Å²) in [5.41, 5.74) is 3.76. The molecule has 0 saturated carbocycles. The summed E-state index contributed by atoms with van der Waals surface area (Å²) in [5.74, 6) is 1.78. The monoisotopic (exact) mass is 440 g/mol. The average molecular weight is 441 g/mol. The molecule has 2 aromatic heterocycles. The van der Waals surface area contributed by atoms with Crippen molar-refractivity contribution in [3.05, 3.63) is 103 Å². The van der Waals surface area contributed by atoms with Gasteiger partial charge in [0.25, 0.3) is 5.91 Å². The first kappa shape index (κ1) is 22.3. The Labute approximate surface area is 194 Å². The predicted octanol–water partition coefficient (Wildman–Crippen LogP) is 4.60. The summed E-state index contributed by atoms with van der Waals surface area (Å²) in [6.45, 7) is 5.64. The third kappa shape index (κ3) is 5.66. The van der Waals surface area contributed by atoms with Crippen LogP contribution in [0.25, 0.3) is 11.0 Å². The van der Waals surface area contributed by atoms with Crippen molar-refractivity contribution in [3.63, 3.8) is 0 Å². The summed E-state index contributed by atoms with van der Waals surface area (Å²) in [5, 5.41) is 2.96. The molecule has 0 aliphatic rings. The summed E-state index contributed by atoms with van der Waals surface area (Å²) in [7, 11) is 0. The molecular formula is C27H28N4O2. The van der Waals surface area contributed by atoms with Gasteiger partial charge in [-0.3, -0.25) is 9.78 Å². The Balaban J connectivity index is 1.38. The maximum Gasteiger partial charge on any atom is 0.252 e. The Hall–Kier alpha value is -3.93. The van der Waals surface area contributed by atoms with Crippen LogP contribution in [0.5, 0.6) is 5.75 Å². The minimum atomic E-state index is -0.108. The number of benzene rings is 2. The van der Waals surface area contributed by atoms with Crippen LogP contribution in [0.1, 0.15) is 28.2 Å². The van der Waals surface area contributed by atoms with Gasteiger partial charge in [-0.1, -0.05) is 36.4 Å². The molecule has 2 aromatic carbocycles. The summed E-state index contributed by atoms with van der Waals surface area (Å²) in [6, 6.07) is 19.7. The Bertz CT molecular complexity index is 1220. The molecule has 2 heterocycles. The molecule has 0 aliphatic heterocycles. The highest BCUT2D eigenvalue weighted by atomic mass is 16.5. The van der Waals surface area contributed by atoms with Gasteiger partial charge in [0, 0.05) is 25.4 Å². The molecule has 0 bridgehead atoms. The minimum Gasteiger partial charge on any atom is -0.491 e. The van der Waals surface area contributed by atoms with Crippen molar-refractivity contribution in [3.8, 4) is 5.75 Å². The SMILES string of the molecule is C=CCc1ccccc1OCCn1c(CCCNC(=O)c2cccnc2)nc2ccccc21. The number of hydrogen-bond donors (Lipinski definition) is 1. The molecular weight excluding hydrogens is 412 g/mol. The lowest BCUT2D eigenvalue weighted by molar-refractivity contribution is 0.0952. The van der Waals surface area contributed by atoms with E-state index >= 15 is 0 Å². The highest BCUT2D eigenvalue weighted by Gasteiger charge is 2.11. The molecule has 168 valence electrons. The number of rotatable bonds is 11. The second-order valence-electron chi connectivity index (χ2n) is 7.72. The molecule has 33 heavy (non-hydrogen) atoms. The van der Waals surface area contributed by atoms with Crippen molar-refractivity contribution >= 4 is 16.9 Å². The molecule has 0 fully saturated rings. The van der Waals surface area contributed by atoms with Gasteiger partial charge in [0.1, 0.15) is 18.2 Å². The number of aryl methyl sites for hydroxylation is 1. The second kappa shape index (κ2) is 11.1. The summed E-state index contributed by atoms with van der Waals surface area (Å²) in [4.78, 5) is 21.0. The molecule has 0 atom stereocenters. The average Bonchev–Trinajstić information content (AvgIpc) is 3.21. The number of ether oxygens (including phenoxy) is 1. The largest absolute Gasteiger partial charge is 0.491 e. The third-order valence-electron chi connectivity index (χ3n) is 5.43. The lowest BCUT2D eigenvalue weighted by Crippen LogP contribution is -2.25. The standard InChI is InChI=1S/C27H28N4O2/c1-2-9-21-10-3-6-14-25(21)33-19-18-31-24-13-5-4-12-23(24)30-26(31)15-8-17-29-27(32)22-11-7-16-28-20-22/h2-7,10-14,16,20H,1,8-9,15,17-19H2,(H,29,32). The number of carbonyl (C=O) groups is 1. The Morgan fingerprint density at radius 1 is 1.09 bits per heavy atom. The Morgan fingerprint density at radius 2 is 1.94 bits per heavy atom. The van der Waals surface area contributed by atoms with Gasteiger partial charge in [-0.05, 0) is 48.7 Å². The fraction of sp³-hybridized carbons (Fsp3) is 0.222. The van der Waals surface area contributed by atoms with Gasteiger partial charge in [-0.25, -0.2) is 4.98 Å². The third-order valence-corrected chi connectivity index (χ3v) is 5.43. The minimum absolute atomic E-state index is 0.108. The first-order chi connectivity index (χ1) is 16.3. The van der Waals surface area contributed by atoms with E-state index in [0.717, 1.165) is 47.4 Å². The molecule has 1 amide bonds. The molecule has 0 aliphatic carbocycles. The normalized spacial score (nSPS) is 10.8. The van der Waals surface area contributed by atoms with E-state index in [1.807, 2.05) is 42.5 Å². The number of amides is 1. The number of nitrogens with one attached hydrogen (secondary N) is 1. The van der Waals surface area contributed by atoms with Crippen LogP contribution >= 0.6 is 0 Å². The van der Waals surface area contributed by atoms with Crippen molar-refractivity contribution in [2.24, 2.45) is 0 Å². The summed E-state index contributed by atoms with van der Waals surface area (Å²) < 4.78 is 8.33. The summed E-state index contributed by atoms with van der Waals surface area (Å²) >= 11 is 0. The topological polar surface area (TPSA) is 69.0 Å². The van der Waals surface area contributed by atoms with Crippen molar-refractivity contribution in [1.29, 1.82) is 0 Å². The van der Waals surface area contributed by atoms with Gasteiger partial charge in [0.05, 0.1) is 23.1 Å². The number of carbonyl (C=O) groups excluding carboxylic acids is 1. The Morgan fingerprint density at radius 3 is 2.79 bits per heavy atom. The van der Waals surface area contributed by atoms with E-state index in [0.29, 0.717) is 25.3 Å². The van der Waals surface area contributed by atoms with Crippen LogP contribution in [0, 0.1) is 0 Å². The van der Waals surface area contributed by atoms with Gasteiger partial charge in [0.2, 0.25) is 0 Å². The second-order valence-corrected chi connectivity index (χ2v) is 7.72. The first-order valence-corrected chi connectivity index (χ1v) is 11.2. The van der Waals surface area contributed by atoms with E-state index in [1.165, 1.54) is 0 Å². The highest BCUT2D eigenvalue weighted by molar-refractivity contribution is 5.93. The molecule has 0 unspecified atom stereocenters. The van der Waals surface area contributed by atoms with E-state index in [2.05, 4.69) is 33.6 Å². The highest BCUT2D eigenvalue weighted by Crippen LogP contribution is 2.20. The van der Waals surface area contributed by atoms with E-state index in [9.17, 15) is 4.79 Å². The van der Waals surface area contributed by atoms with Crippen molar-refractivity contribution in [2.75, 3.05) is 13.2 Å². The van der Waals surface area contributed by atoms with Crippen LogP contribution in [0.2, 0.25) is 0 Å². The number of allylic oxidation sites excluding steroid dienone is 1. The molecule has 6 nitrogen and oxygen atoms in total. The van der Waals surface area contributed by atoms with Crippen molar-refractivity contribution in [2.45, 2.75) is 25.8 Å². The van der Waals surface area contributed by atoms with Gasteiger partial charge >= 0.3 is 0 Å². The number of aromatic nitrogens is 3. The number of para-hydroxylation sites is 3. The summed E-state index contributed by atoms with van der Waals surface area (Å²) in [6.07, 6.45) is 7.44. The molecule has 0 spiro atoms. The number of hydrogen-bond acceptors (Lipinski definition) is 4. The quantitative estimate of drug-likeness (QED) is 0.273. The number of pyridine rings is 1. The first-order valence-electron chi connectivity index (χ1n) is 11.2. The van der Waals surface area contributed by atoms with Gasteiger partial charge < -0.3 is 14.6 Å². The van der Waals surface area contributed by atoms with E-state index in [-0.39, 0.29) is 5.91 Å². The van der Waals surface area contributed by atoms with E-state index in [1.54, 1.807) is 24.5 Å². The number of nitrogens with zero attached hydrogens (tertiary/aromatic N) is 3. The van der Waals surface area contributed by atoms with Crippen molar-refractivity contribution in [1.82, 2.24) is 19.9 Å². The van der Waals surface area contributed by atoms with Crippen LogP contribution in [0.4, 0.5) is 0 Å². The van der Waals surface area contributed by atoms with E-state index in [4.69, 9.17) is 9.72 Å². The van der Waals surface area contributed by atoms with Crippen LogP contribution in [0.3, 0.4) is 0 Å². The van der Waals surface area contributed by atoms with Crippen LogP contribution in [0.15, 0.2) is 85.7 Å². The van der Waals surface area contributed by atoms with Crippen LogP contribution in [-0.2, 0) is 19.4 Å². The molecule has 0 saturated heterocycles. The molecule has 1 N–H and O–H groups in total. The fourth-order valence-corrected chi connectivity index (χ4v) is 3.83. The molecule has 6 heteroatoms. The van der Waals surface area contributed by atoms with Crippen LogP contribution in [-0.4, -0.2) is 33.6 Å². The van der Waals surface area contributed by atoms with Crippen LogP contribution < -0.4 is 10.1 Å². The predicted molar refractivity (Wildman–Crippen MR) is 130 cm³/mol. The van der Waals surface area contributed by atoms with Gasteiger partial charge in [0.15, 0.2) is 0 Å². The lowest BCUT2D eigenvalue weighted by Gasteiger charge is -2.13. The number of fused-ring (bicyclic) bond motifs is 1. The number of imidazole rings is 1. The van der Waals surface area contributed by atoms with Gasteiger partial charge in [-0.15, -0.1) is 6.58 Å². The Kier molecular flexibility index (Phi) is 7.48. The zero-order valence-corrected chi connectivity index (χ0v) is 18.6. The fourth-order valence-electron chi connectivity index (χ4n) is 3.83. The molecule has 0 radical (unpaired) electrons. The smallest absolute Gasteiger partial charge is 0.252 e. The zero-order valence-electron chi connectivity index (χ0n) is 18.6. The lowest BCUT2D eigenvalue weighted by atomic mass is 10.1. The molecule has 4 rings (SSSR count).